The summed E-state index contributed by atoms with van der Waals surface area (Å²) in [6.45, 7) is -0.115. The number of amides is 3. The van der Waals surface area contributed by atoms with E-state index in [9.17, 15) is 14.4 Å². The summed E-state index contributed by atoms with van der Waals surface area (Å²) in [5.74, 6) is -0.112. The van der Waals surface area contributed by atoms with Crippen LogP contribution < -0.4 is 15.8 Å². The van der Waals surface area contributed by atoms with E-state index in [1.807, 2.05) is 0 Å². The summed E-state index contributed by atoms with van der Waals surface area (Å²) in [7, 11) is 1.55. The van der Waals surface area contributed by atoms with Gasteiger partial charge in [0.2, 0.25) is 11.8 Å². The number of anilines is 1. The first-order valence-electron chi connectivity index (χ1n) is 9.30. The molecule has 0 bridgehead atoms. The number of benzene rings is 3. The fourth-order valence-corrected chi connectivity index (χ4v) is 2.95. The third kappa shape index (κ3) is 6.07. The molecule has 3 N–H and O–H groups in total. The number of likely N-dealkylation sites (N-methyl/N-ethyl adjacent to an activating group) is 1. The van der Waals surface area contributed by atoms with Crippen molar-refractivity contribution in [2.75, 3.05) is 18.9 Å². The van der Waals surface area contributed by atoms with E-state index in [0.717, 1.165) is 0 Å². The van der Waals surface area contributed by atoms with Gasteiger partial charge in [-0.3, -0.25) is 14.4 Å². The summed E-state index contributed by atoms with van der Waals surface area (Å²) >= 11 is 5.90. The molecule has 0 fully saturated rings. The Labute approximate surface area is 184 Å². The van der Waals surface area contributed by atoms with Gasteiger partial charge in [-0.25, -0.2) is 0 Å². The first-order valence-corrected chi connectivity index (χ1v) is 9.68. The van der Waals surface area contributed by atoms with E-state index in [0.29, 0.717) is 33.3 Å². The number of hydrogen-bond acceptors (Lipinski definition) is 4. The van der Waals surface area contributed by atoms with Crippen LogP contribution in [-0.2, 0) is 4.79 Å². The van der Waals surface area contributed by atoms with E-state index in [1.165, 1.54) is 4.90 Å². The van der Waals surface area contributed by atoms with Gasteiger partial charge in [0.15, 0.2) is 0 Å². The molecule has 31 heavy (non-hydrogen) atoms. The van der Waals surface area contributed by atoms with Gasteiger partial charge < -0.3 is 20.7 Å². The van der Waals surface area contributed by atoms with Gasteiger partial charge in [-0.1, -0.05) is 17.7 Å². The summed E-state index contributed by atoms with van der Waals surface area (Å²) in [6, 6.07) is 19.7. The van der Waals surface area contributed by atoms with Crippen LogP contribution in [0.15, 0.2) is 72.8 Å². The third-order valence-electron chi connectivity index (χ3n) is 4.31. The van der Waals surface area contributed by atoms with Crippen molar-refractivity contribution >= 4 is 35.0 Å². The van der Waals surface area contributed by atoms with Crippen LogP contribution in [0.1, 0.15) is 20.7 Å². The number of rotatable bonds is 7. The van der Waals surface area contributed by atoms with Crippen molar-refractivity contribution in [2.24, 2.45) is 5.73 Å². The highest BCUT2D eigenvalue weighted by atomic mass is 35.5. The standard InChI is InChI=1S/C23H20ClN3O4/c1-27(14-21(28)26-18-4-2-3-17(24)13-18)23(30)16-7-11-20(12-8-16)31-19-9-5-15(6-10-19)22(25)29/h2-13H,14H2,1H3,(H2,25,29)(H,26,28). The fourth-order valence-electron chi connectivity index (χ4n) is 2.76. The van der Waals surface area contributed by atoms with Crippen molar-refractivity contribution < 1.29 is 19.1 Å². The second kappa shape index (κ2) is 9.77. The molecule has 0 spiro atoms. The van der Waals surface area contributed by atoms with Gasteiger partial charge >= 0.3 is 0 Å². The first-order chi connectivity index (χ1) is 14.8. The lowest BCUT2D eigenvalue weighted by Gasteiger charge is -2.17. The number of primary amides is 1. The molecular weight excluding hydrogens is 418 g/mol. The average Bonchev–Trinajstić information content (AvgIpc) is 2.74. The van der Waals surface area contributed by atoms with E-state index in [-0.39, 0.29) is 18.4 Å². The van der Waals surface area contributed by atoms with Crippen molar-refractivity contribution in [3.05, 3.63) is 88.9 Å². The Morgan fingerprint density at radius 1 is 0.935 bits per heavy atom. The fraction of sp³-hybridized carbons (Fsp3) is 0.0870. The van der Waals surface area contributed by atoms with Crippen LogP contribution in [0, 0.1) is 0 Å². The molecule has 3 rings (SSSR count). The zero-order chi connectivity index (χ0) is 22.4. The number of halogens is 1. The molecule has 0 unspecified atom stereocenters. The van der Waals surface area contributed by atoms with Crippen LogP contribution in [0.5, 0.6) is 11.5 Å². The van der Waals surface area contributed by atoms with E-state index >= 15 is 0 Å². The Morgan fingerprint density at radius 2 is 1.52 bits per heavy atom. The second-order valence-electron chi connectivity index (χ2n) is 6.73. The molecule has 0 aliphatic carbocycles. The average molecular weight is 438 g/mol. The normalized spacial score (nSPS) is 10.3. The van der Waals surface area contributed by atoms with Crippen LogP contribution in [0.3, 0.4) is 0 Å². The molecule has 0 aliphatic heterocycles. The van der Waals surface area contributed by atoms with Crippen molar-refractivity contribution in [1.29, 1.82) is 0 Å². The summed E-state index contributed by atoms with van der Waals surface area (Å²) in [5, 5.41) is 3.21. The Bertz CT molecular complexity index is 1100. The highest BCUT2D eigenvalue weighted by Gasteiger charge is 2.15. The predicted octanol–water partition coefficient (Wildman–Crippen LogP) is 3.94. The van der Waals surface area contributed by atoms with Gasteiger partial charge in [-0.05, 0) is 66.7 Å². The molecule has 0 saturated carbocycles. The SMILES string of the molecule is CN(CC(=O)Nc1cccc(Cl)c1)C(=O)c1ccc(Oc2ccc(C(N)=O)cc2)cc1. The second-order valence-corrected chi connectivity index (χ2v) is 7.17. The summed E-state index contributed by atoms with van der Waals surface area (Å²) in [4.78, 5) is 37.2. The number of nitrogens with two attached hydrogens (primary N) is 1. The molecule has 7 nitrogen and oxygen atoms in total. The van der Waals surface area contributed by atoms with E-state index in [1.54, 1.807) is 79.8 Å². The number of nitrogens with zero attached hydrogens (tertiary/aromatic N) is 1. The molecule has 0 saturated heterocycles. The number of ether oxygens (including phenoxy) is 1. The molecule has 8 heteroatoms. The highest BCUT2D eigenvalue weighted by Crippen LogP contribution is 2.22. The van der Waals surface area contributed by atoms with Crippen molar-refractivity contribution in [2.45, 2.75) is 0 Å². The molecule has 158 valence electrons. The van der Waals surface area contributed by atoms with Crippen LogP contribution >= 0.6 is 11.6 Å². The molecular formula is C23H20ClN3O4. The zero-order valence-electron chi connectivity index (χ0n) is 16.7. The lowest BCUT2D eigenvalue weighted by Crippen LogP contribution is -2.34. The predicted molar refractivity (Wildman–Crippen MR) is 119 cm³/mol. The van der Waals surface area contributed by atoms with Gasteiger partial charge in [0, 0.05) is 28.9 Å². The minimum atomic E-state index is -0.514. The minimum Gasteiger partial charge on any atom is -0.457 e. The molecule has 3 aromatic carbocycles. The smallest absolute Gasteiger partial charge is 0.254 e. The first kappa shape index (κ1) is 21.9. The van der Waals surface area contributed by atoms with Gasteiger partial charge in [-0.2, -0.15) is 0 Å². The lowest BCUT2D eigenvalue weighted by molar-refractivity contribution is -0.116. The summed E-state index contributed by atoms with van der Waals surface area (Å²) in [6.07, 6.45) is 0. The maximum Gasteiger partial charge on any atom is 0.254 e. The molecule has 0 atom stereocenters. The topological polar surface area (TPSA) is 102 Å². The summed E-state index contributed by atoms with van der Waals surface area (Å²) in [5.41, 5.74) is 6.57. The largest absolute Gasteiger partial charge is 0.457 e. The zero-order valence-corrected chi connectivity index (χ0v) is 17.4. The van der Waals surface area contributed by atoms with Crippen LogP contribution in [0.2, 0.25) is 5.02 Å². The van der Waals surface area contributed by atoms with Crippen LogP contribution in [0.25, 0.3) is 0 Å². The Balaban J connectivity index is 1.57. The van der Waals surface area contributed by atoms with Crippen molar-refractivity contribution in [1.82, 2.24) is 4.90 Å². The van der Waals surface area contributed by atoms with Crippen molar-refractivity contribution in [3.8, 4) is 11.5 Å². The Kier molecular flexibility index (Phi) is 6.89. The van der Waals surface area contributed by atoms with Gasteiger partial charge in [0.1, 0.15) is 11.5 Å². The van der Waals surface area contributed by atoms with E-state index < -0.39 is 5.91 Å². The van der Waals surface area contributed by atoms with Crippen molar-refractivity contribution in [3.63, 3.8) is 0 Å². The maximum absolute atomic E-state index is 12.6. The molecule has 0 aromatic heterocycles. The van der Waals surface area contributed by atoms with E-state index in [2.05, 4.69) is 5.32 Å². The summed E-state index contributed by atoms with van der Waals surface area (Å²) < 4.78 is 5.70. The van der Waals surface area contributed by atoms with E-state index in [4.69, 9.17) is 22.1 Å². The number of hydrogen-bond donors (Lipinski definition) is 2. The maximum atomic E-state index is 12.6. The number of carbonyl (C=O) groups is 3. The lowest BCUT2D eigenvalue weighted by atomic mass is 10.2. The van der Waals surface area contributed by atoms with Crippen LogP contribution in [0.4, 0.5) is 5.69 Å². The quantitative estimate of drug-likeness (QED) is 0.584. The molecule has 0 radical (unpaired) electrons. The Hall–Kier alpha value is -3.84. The highest BCUT2D eigenvalue weighted by molar-refractivity contribution is 6.30. The minimum absolute atomic E-state index is 0.115. The number of nitrogens with one attached hydrogen (secondary N) is 1. The third-order valence-corrected chi connectivity index (χ3v) is 4.55. The number of carbonyl (C=O) groups excluding carboxylic acids is 3. The van der Waals surface area contributed by atoms with Gasteiger partial charge in [0.05, 0.1) is 6.54 Å². The molecule has 3 aromatic rings. The molecule has 3 amide bonds. The monoisotopic (exact) mass is 437 g/mol. The molecule has 0 aliphatic rings. The van der Waals surface area contributed by atoms with Gasteiger partial charge in [-0.15, -0.1) is 0 Å². The molecule has 0 heterocycles. The Morgan fingerprint density at radius 3 is 2.06 bits per heavy atom. The van der Waals surface area contributed by atoms with Crippen LogP contribution in [-0.4, -0.2) is 36.2 Å². The van der Waals surface area contributed by atoms with Gasteiger partial charge in [0.25, 0.3) is 5.91 Å².